The molecule has 4 rings (SSSR count). The van der Waals surface area contributed by atoms with Crippen LogP contribution in [0.4, 0.5) is 4.79 Å². The number of alkyl carbamates (subject to hydrolysis) is 1. The van der Waals surface area contributed by atoms with Gasteiger partial charge in [-0.05, 0) is 49.0 Å². The number of methoxy groups -OCH3 is 1. The number of carbonyl (C=O) groups is 2. The summed E-state index contributed by atoms with van der Waals surface area (Å²) in [5.41, 5.74) is -0.0742. The molecule has 1 N–H and O–H groups in total. The van der Waals surface area contributed by atoms with Gasteiger partial charge in [0.05, 0.1) is 20.3 Å². The lowest BCUT2D eigenvalue weighted by atomic mass is 9.51. The van der Waals surface area contributed by atoms with Crippen molar-refractivity contribution in [3.63, 3.8) is 0 Å². The zero-order valence-electron chi connectivity index (χ0n) is 18.8. The molecule has 1 aliphatic heterocycles. The van der Waals surface area contributed by atoms with E-state index in [1.807, 2.05) is 37.3 Å². The highest BCUT2D eigenvalue weighted by atomic mass is 16.7. The average molecular weight is 432 g/mol. The van der Waals surface area contributed by atoms with Crippen LogP contribution < -0.4 is 5.32 Å². The smallest absolute Gasteiger partial charge is 0.408 e. The molecule has 4 atom stereocenters. The minimum atomic E-state index is -0.992. The summed E-state index contributed by atoms with van der Waals surface area (Å²) < 4.78 is 22.1. The fourth-order valence-corrected chi connectivity index (χ4v) is 5.57. The number of esters is 1. The Balaban J connectivity index is 1.35. The van der Waals surface area contributed by atoms with E-state index in [0.29, 0.717) is 31.5 Å². The summed E-state index contributed by atoms with van der Waals surface area (Å²) >= 11 is 0. The summed E-state index contributed by atoms with van der Waals surface area (Å²) in [7, 11) is 1.36. The van der Waals surface area contributed by atoms with Crippen LogP contribution in [0.2, 0.25) is 0 Å². The van der Waals surface area contributed by atoms with Crippen LogP contribution in [0.25, 0.3) is 0 Å². The maximum absolute atomic E-state index is 12.6. The van der Waals surface area contributed by atoms with Gasteiger partial charge >= 0.3 is 12.1 Å². The third-order valence-corrected chi connectivity index (χ3v) is 7.73. The van der Waals surface area contributed by atoms with Gasteiger partial charge in [0.2, 0.25) is 0 Å². The van der Waals surface area contributed by atoms with E-state index in [-0.39, 0.29) is 17.9 Å². The molecule has 1 aromatic carbocycles. The quantitative estimate of drug-likeness (QED) is 0.664. The zero-order valence-corrected chi connectivity index (χ0v) is 18.8. The van der Waals surface area contributed by atoms with Gasteiger partial charge in [-0.15, -0.1) is 0 Å². The molecule has 1 aromatic rings. The first-order valence-electron chi connectivity index (χ1n) is 11.1. The van der Waals surface area contributed by atoms with E-state index >= 15 is 0 Å². The van der Waals surface area contributed by atoms with Crippen molar-refractivity contribution in [1.29, 1.82) is 0 Å². The predicted octanol–water partition coefficient (Wildman–Crippen LogP) is 3.66. The van der Waals surface area contributed by atoms with Crippen LogP contribution in [0.15, 0.2) is 30.3 Å². The molecule has 0 radical (unpaired) electrons. The Hall–Kier alpha value is -2.12. The Bertz CT molecular complexity index is 819. The lowest BCUT2D eigenvalue weighted by Gasteiger charge is -2.57. The van der Waals surface area contributed by atoms with Gasteiger partial charge in [-0.2, -0.15) is 0 Å². The number of rotatable bonds is 7. The minimum Gasteiger partial charge on any atom is -0.467 e. The van der Waals surface area contributed by atoms with Crippen molar-refractivity contribution >= 4 is 12.1 Å². The number of hydrogen-bond donors (Lipinski definition) is 1. The molecule has 7 nitrogen and oxygen atoms in total. The van der Waals surface area contributed by atoms with Gasteiger partial charge in [-0.3, -0.25) is 0 Å². The van der Waals surface area contributed by atoms with Crippen molar-refractivity contribution in [3.05, 3.63) is 35.9 Å². The van der Waals surface area contributed by atoms with E-state index in [4.69, 9.17) is 18.9 Å². The standard InChI is InChI=1S/C24H33NO6/c1-22(2)17(13-19(22)23(3)30-10-11-31-23)12-18-14-24(18,20(26)28-4)25-21(27)29-15-16-8-6-5-7-9-16/h5-9,17-19H,10-15H2,1-4H3,(H,25,27)/t17-,18-,19+,24+/m0/s1. The van der Waals surface area contributed by atoms with Gasteiger partial charge < -0.3 is 24.3 Å². The SMILES string of the molecule is COC(=O)[C@@]1(NC(=O)OCc2ccccc2)C[C@@H]1C[C@H]1C[C@@H](C2(C)OCCO2)C1(C)C. The lowest BCUT2D eigenvalue weighted by Crippen LogP contribution is -2.56. The van der Waals surface area contributed by atoms with Crippen molar-refractivity contribution in [2.24, 2.45) is 23.2 Å². The molecule has 0 bridgehead atoms. The van der Waals surface area contributed by atoms with Gasteiger partial charge in [0.1, 0.15) is 12.1 Å². The van der Waals surface area contributed by atoms with Crippen LogP contribution in [0.1, 0.15) is 45.6 Å². The van der Waals surface area contributed by atoms with Crippen molar-refractivity contribution < 1.29 is 28.5 Å². The normalized spacial score (nSPS) is 32.6. The maximum Gasteiger partial charge on any atom is 0.408 e. The van der Waals surface area contributed by atoms with E-state index in [0.717, 1.165) is 18.4 Å². The Morgan fingerprint density at radius 3 is 2.39 bits per heavy atom. The number of carbonyl (C=O) groups excluding carboxylic acids is 2. The summed E-state index contributed by atoms with van der Waals surface area (Å²) in [5, 5.41) is 2.81. The Morgan fingerprint density at radius 1 is 1.10 bits per heavy atom. The third-order valence-electron chi connectivity index (χ3n) is 7.73. The number of benzene rings is 1. The van der Waals surface area contributed by atoms with Gasteiger partial charge in [-0.25, -0.2) is 9.59 Å². The van der Waals surface area contributed by atoms with Gasteiger partial charge in [0.25, 0.3) is 0 Å². The van der Waals surface area contributed by atoms with Gasteiger partial charge in [0.15, 0.2) is 5.79 Å². The molecule has 3 fully saturated rings. The van der Waals surface area contributed by atoms with E-state index in [1.54, 1.807) is 0 Å². The van der Waals surface area contributed by atoms with Crippen LogP contribution >= 0.6 is 0 Å². The molecule has 170 valence electrons. The molecule has 31 heavy (non-hydrogen) atoms. The number of hydrogen-bond acceptors (Lipinski definition) is 6. The van der Waals surface area contributed by atoms with E-state index in [2.05, 4.69) is 19.2 Å². The lowest BCUT2D eigenvalue weighted by molar-refractivity contribution is -0.254. The molecular weight excluding hydrogens is 398 g/mol. The van der Waals surface area contributed by atoms with E-state index in [1.165, 1.54) is 7.11 Å². The van der Waals surface area contributed by atoms with Crippen molar-refractivity contribution in [3.8, 4) is 0 Å². The monoisotopic (exact) mass is 431 g/mol. The molecule has 1 saturated heterocycles. The fourth-order valence-electron chi connectivity index (χ4n) is 5.57. The maximum atomic E-state index is 12.6. The Morgan fingerprint density at radius 2 is 1.77 bits per heavy atom. The number of nitrogens with one attached hydrogen (secondary N) is 1. The average Bonchev–Trinajstić information content (AvgIpc) is 3.27. The molecule has 2 saturated carbocycles. The second-order valence-corrected chi connectivity index (χ2v) is 9.81. The van der Waals surface area contributed by atoms with E-state index < -0.39 is 23.4 Å². The molecule has 0 spiro atoms. The molecule has 0 aromatic heterocycles. The number of amides is 1. The van der Waals surface area contributed by atoms with Gasteiger partial charge in [-0.1, -0.05) is 44.2 Å². The first-order valence-corrected chi connectivity index (χ1v) is 11.1. The summed E-state index contributed by atoms with van der Waals surface area (Å²) in [5.74, 6) is -0.170. The molecule has 7 heteroatoms. The highest BCUT2D eigenvalue weighted by Gasteiger charge is 2.66. The molecular formula is C24H33NO6. The van der Waals surface area contributed by atoms with Crippen molar-refractivity contribution in [1.82, 2.24) is 5.32 Å². The van der Waals surface area contributed by atoms with Crippen LogP contribution in [0.5, 0.6) is 0 Å². The Labute approximate surface area is 183 Å². The Kier molecular flexibility index (Phi) is 5.77. The molecule has 2 aliphatic carbocycles. The molecule has 1 heterocycles. The number of ether oxygens (including phenoxy) is 4. The van der Waals surface area contributed by atoms with Crippen LogP contribution in [-0.4, -0.2) is 43.7 Å². The fraction of sp³-hybridized carbons (Fsp3) is 0.667. The zero-order chi connectivity index (χ0) is 22.3. The van der Waals surface area contributed by atoms with Crippen molar-refractivity contribution in [2.45, 2.75) is 58.0 Å². The van der Waals surface area contributed by atoms with Gasteiger partial charge in [0, 0.05) is 5.92 Å². The van der Waals surface area contributed by atoms with Crippen LogP contribution in [0, 0.1) is 23.2 Å². The highest BCUT2D eigenvalue weighted by Crippen LogP contribution is 2.62. The second-order valence-electron chi connectivity index (χ2n) is 9.81. The molecule has 0 unspecified atom stereocenters. The highest BCUT2D eigenvalue weighted by molar-refractivity contribution is 5.89. The van der Waals surface area contributed by atoms with Crippen LogP contribution in [0.3, 0.4) is 0 Å². The summed E-state index contributed by atoms with van der Waals surface area (Å²) in [6.45, 7) is 7.94. The predicted molar refractivity (Wildman–Crippen MR) is 113 cm³/mol. The first kappa shape index (κ1) is 22.1. The molecule has 1 amide bonds. The minimum absolute atomic E-state index is 0.0252. The van der Waals surface area contributed by atoms with Crippen LogP contribution in [-0.2, 0) is 30.3 Å². The topological polar surface area (TPSA) is 83.1 Å². The summed E-state index contributed by atoms with van der Waals surface area (Å²) in [6, 6.07) is 9.45. The largest absolute Gasteiger partial charge is 0.467 e. The van der Waals surface area contributed by atoms with E-state index in [9.17, 15) is 9.59 Å². The third kappa shape index (κ3) is 4.05. The molecule has 3 aliphatic rings. The summed E-state index contributed by atoms with van der Waals surface area (Å²) in [6.07, 6.45) is 1.80. The summed E-state index contributed by atoms with van der Waals surface area (Å²) in [4.78, 5) is 25.0. The second kappa shape index (κ2) is 8.10. The first-order chi connectivity index (χ1) is 14.7. The van der Waals surface area contributed by atoms with Crippen molar-refractivity contribution in [2.75, 3.05) is 20.3 Å².